The molecule has 0 atom stereocenters. The number of rotatable bonds is 3. The van der Waals surface area contributed by atoms with Gasteiger partial charge in [0.1, 0.15) is 17.1 Å². The molecule has 118 valence electrons. The van der Waals surface area contributed by atoms with E-state index in [-0.39, 0.29) is 11.7 Å². The van der Waals surface area contributed by atoms with Crippen molar-refractivity contribution in [3.05, 3.63) is 52.3 Å². The lowest BCUT2D eigenvalue weighted by Crippen LogP contribution is -1.87. The van der Waals surface area contributed by atoms with E-state index >= 15 is 0 Å². The van der Waals surface area contributed by atoms with Gasteiger partial charge >= 0.3 is 0 Å². The highest BCUT2D eigenvalue weighted by Crippen LogP contribution is 2.33. The van der Waals surface area contributed by atoms with E-state index in [0.29, 0.717) is 21.6 Å². The monoisotopic (exact) mass is 348 g/mol. The number of imidazole rings is 1. The summed E-state index contributed by atoms with van der Waals surface area (Å²) in [7, 11) is 0. The molecule has 0 aliphatic rings. The third kappa shape index (κ3) is 3.16. The zero-order chi connectivity index (χ0) is 16.6. The van der Waals surface area contributed by atoms with Crippen molar-refractivity contribution in [3.63, 3.8) is 0 Å². The zero-order valence-corrected chi connectivity index (χ0v) is 14.0. The minimum Gasteiger partial charge on any atom is -0.506 e. The van der Waals surface area contributed by atoms with Gasteiger partial charge in [0.2, 0.25) is 0 Å². The van der Waals surface area contributed by atoms with E-state index in [2.05, 4.69) is 15.2 Å². The van der Waals surface area contributed by atoms with Gasteiger partial charge in [-0.25, -0.2) is 4.98 Å². The predicted molar refractivity (Wildman–Crippen MR) is 91.6 cm³/mol. The number of halogens is 2. The van der Waals surface area contributed by atoms with Crippen molar-refractivity contribution >= 4 is 40.4 Å². The van der Waals surface area contributed by atoms with Gasteiger partial charge in [0.25, 0.3) is 0 Å². The lowest BCUT2D eigenvalue weighted by molar-refractivity contribution is 0.476. The molecular formula is C16H14Cl2N4O. The third-order valence-electron chi connectivity index (χ3n) is 3.32. The molecule has 0 fully saturated rings. The molecule has 3 aromatic rings. The van der Waals surface area contributed by atoms with Gasteiger partial charge in [-0.3, -0.25) is 4.40 Å². The number of nitrogens with zero attached hydrogens (tertiary/aromatic N) is 4. The molecule has 3 rings (SSSR count). The van der Waals surface area contributed by atoms with Gasteiger partial charge < -0.3 is 5.11 Å². The quantitative estimate of drug-likeness (QED) is 0.600. The first-order valence-electron chi connectivity index (χ1n) is 7.03. The Kier molecular flexibility index (Phi) is 4.24. The van der Waals surface area contributed by atoms with E-state index in [1.807, 2.05) is 19.9 Å². The van der Waals surface area contributed by atoms with Crippen molar-refractivity contribution < 1.29 is 5.11 Å². The van der Waals surface area contributed by atoms with E-state index in [9.17, 15) is 5.11 Å². The van der Waals surface area contributed by atoms with E-state index in [1.165, 1.54) is 6.07 Å². The summed E-state index contributed by atoms with van der Waals surface area (Å²) in [5.74, 6) is 0.753. The van der Waals surface area contributed by atoms with Crippen LogP contribution in [-0.2, 0) is 0 Å². The van der Waals surface area contributed by atoms with E-state index in [4.69, 9.17) is 23.2 Å². The van der Waals surface area contributed by atoms with Crippen LogP contribution in [-0.4, -0.2) is 14.5 Å². The fourth-order valence-electron chi connectivity index (χ4n) is 2.19. The number of phenols is 1. The SMILES string of the molecule is CC(C)c1nc2ccc(Cl)cn2c1N=Nc1cc(Cl)ccc1O. The Labute approximate surface area is 143 Å². The predicted octanol–water partition coefficient (Wildman–Crippen LogP) is 5.89. The lowest BCUT2D eigenvalue weighted by atomic mass is 10.1. The molecule has 0 saturated carbocycles. The normalized spacial score (nSPS) is 11.9. The van der Waals surface area contributed by atoms with Gasteiger partial charge in [-0.15, -0.1) is 10.2 Å². The standard InChI is InChI=1S/C16H14Cl2N4O/c1-9(2)15-16(22-8-11(18)4-6-14(22)19-15)21-20-12-7-10(17)3-5-13(12)23/h3-9,23H,1-2H3. The molecule has 5 nitrogen and oxygen atoms in total. The van der Waals surface area contributed by atoms with Gasteiger partial charge in [-0.05, 0) is 36.2 Å². The van der Waals surface area contributed by atoms with Crippen molar-refractivity contribution in [2.45, 2.75) is 19.8 Å². The summed E-state index contributed by atoms with van der Waals surface area (Å²) in [6.07, 6.45) is 1.74. The van der Waals surface area contributed by atoms with Crippen molar-refractivity contribution in [3.8, 4) is 5.75 Å². The first-order chi connectivity index (χ1) is 11.0. The highest BCUT2D eigenvalue weighted by Gasteiger charge is 2.15. The van der Waals surface area contributed by atoms with Crippen LogP contribution < -0.4 is 0 Å². The van der Waals surface area contributed by atoms with Gasteiger partial charge in [0.05, 0.1) is 10.7 Å². The Morgan fingerprint density at radius 3 is 2.57 bits per heavy atom. The summed E-state index contributed by atoms with van der Waals surface area (Å²) >= 11 is 12.0. The van der Waals surface area contributed by atoms with Crippen LogP contribution in [0.4, 0.5) is 11.5 Å². The summed E-state index contributed by atoms with van der Waals surface area (Å²) in [4.78, 5) is 4.57. The lowest BCUT2D eigenvalue weighted by Gasteiger charge is -2.02. The Morgan fingerprint density at radius 1 is 1.09 bits per heavy atom. The first kappa shape index (κ1) is 15.8. The molecule has 0 radical (unpaired) electrons. The maximum absolute atomic E-state index is 9.84. The Morgan fingerprint density at radius 2 is 1.83 bits per heavy atom. The number of hydrogen-bond acceptors (Lipinski definition) is 4. The fraction of sp³-hybridized carbons (Fsp3) is 0.188. The van der Waals surface area contributed by atoms with Crippen molar-refractivity contribution in [2.75, 3.05) is 0 Å². The molecule has 0 unspecified atom stereocenters. The van der Waals surface area contributed by atoms with Crippen LogP contribution in [0, 0.1) is 0 Å². The van der Waals surface area contributed by atoms with Gasteiger partial charge in [0, 0.05) is 11.2 Å². The molecule has 0 bridgehead atoms. The summed E-state index contributed by atoms with van der Waals surface area (Å²) in [5.41, 5.74) is 1.84. The number of aromatic nitrogens is 2. The molecule has 0 spiro atoms. The second kappa shape index (κ2) is 6.18. The third-order valence-corrected chi connectivity index (χ3v) is 3.78. The van der Waals surface area contributed by atoms with E-state index in [0.717, 1.165) is 11.3 Å². The molecule has 0 saturated heterocycles. The van der Waals surface area contributed by atoms with Gasteiger partial charge in [-0.1, -0.05) is 37.0 Å². The largest absolute Gasteiger partial charge is 0.506 e. The molecule has 23 heavy (non-hydrogen) atoms. The minimum absolute atomic E-state index is 0.0103. The maximum atomic E-state index is 9.84. The number of pyridine rings is 1. The average Bonchev–Trinajstić information content (AvgIpc) is 2.86. The number of hydrogen-bond donors (Lipinski definition) is 1. The topological polar surface area (TPSA) is 62.2 Å². The minimum atomic E-state index is 0.0103. The molecule has 2 aromatic heterocycles. The number of aromatic hydroxyl groups is 1. The molecule has 0 aliphatic carbocycles. The summed E-state index contributed by atoms with van der Waals surface area (Å²) in [6.45, 7) is 4.05. The van der Waals surface area contributed by atoms with Crippen LogP contribution in [0.1, 0.15) is 25.5 Å². The molecule has 1 aromatic carbocycles. The van der Waals surface area contributed by atoms with Crippen LogP contribution in [0.25, 0.3) is 5.65 Å². The Hall–Kier alpha value is -2.11. The first-order valence-corrected chi connectivity index (χ1v) is 7.79. The van der Waals surface area contributed by atoms with Crippen LogP contribution in [0.5, 0.6) is 5.75 Å². The molecule has 2 heterocycles. The fourth-order valence-corrected chi connectivity index (χ4v) is 2.52. The van der Waals surface area contributed by atoms with Crippen molar-refractivity contribution in [1.29, 1.82) is 0 Å². The van der Waals surface area contributed by atoms with E-state index < -0.39 is 0 Å². The van der Waals surface area contributed by atoms with Gasteiger partial charge in [-0.2, -0.15) is 0 Å². The van der Waals surface area contributed by atoms with Crippen molar-refractivity contribution in [2.24, 2.45) is 10.2 Å². The van der Waals surface area contributed by atoms with Crippen LogP contribution >= 0.6 is 23.2 Å². The van der Waals surface area contributed by atoms with Crippen LogP contribution in [0.15, 0.2) is 46.8 Å². The van der Waals surface area contributed by atoms with Crippen LogP contribution in [0.3, 0.4) is 0 Å². The average molecular weight is 349 g/mol. The second-order valence-corrected chi connectivity index (χ2v) is 6.26. The zero-order valence-electron chi connectivity index (χ0n) is 12.5. The smallest absolute Gasteiger partial charge is 0.183 e. The molecule has 0 aliphatic heterocycles. The number of azo groups is 1. The van der Waals surface area contributed by atoms with Crippen LogP contribution in [0.2, 0.25) is 10.0 Å². The molecule has 0 amide bonds. The second-order valence-electron chi connectivity index (χ2n) is 5.38. The summed E-state index contributed by atoms with van der Waals surface area (Å²) in [5, 5.41) is 19.3. The highest BCUT2D eigenvalue weighted by molar-refractivity contribution is 6.31. The number of fused-ring (bicyclic) bond motifs is 1. The highest BCUT2D eigenvalue weighted by atomic mass is 35.5. The summed E-state index contributed by atoms with van der Waals surface area (Å²) < 4.78 is 1.78. The van der Waals surface area contributed by atoms with Crippen molar-refractivity contribution in [1.82, 2.24) is 9.38 Å². The Balaban J connectivity index is 2.14. The molecule has 7 heteroatoms. The molecule has 1 N–H and O–H groups in total. The maximum Gasteiger partial charge on any atom is 0.183 e. The number of phenolic OH excluding ortho intramolecular Hbond substituents is 1. The molecular weight excluding hydrogens is 335 g/mol. The number of benzene rings is 1. The summed E-state index contributed by atoms with van der Waals surface area (Å²) in [6, 6.07) is 8.21. The Bertz CT molecular complexity index is 902. The van der Waals surface area contributed by atoms with Gasteiger partial charge in [0.15, 0.2) is 5.82 Å². The van der Waals surface area contributed by atoms with E-state index in [1.54, 1.807) is 28.8 Å².